The number of carbonyl (C=O) groups is 1. The van der Waals surface area contributed by atoms with E-state index < -0.39 is 29.0 Å². The van der Waals surface area contributed by atoms with Crippen molar-refractivity contribution in [1.82, 2.24) is 9.55 Å². The molecule has 1 aliphatic carbocycles. The van der Waals surface area contributed by atoms with Crippen molar-refractivity contribution < 1.29 is 18.0 Å². The molecule has 1 unspecified atom stereocenters. The molecular formula is C31H36F3N3O. The molecule has 202 valence electrons. The summed E-state index contributed by atoms with van der Waals surface area (Å²) in [6.45, 7) is 11.5. The first kappa shape index (κ1) is 29.0. The Bertz CT molecular complexity index is 1300. The van der Waals surface area contributed by atoms with Gasteiger partial charge in [-0.1, -0.05) is 55.4 Å². The largest absolute Gasteiger partial charge is 0.337 e. The van der Waals surface area contributed by atoms with Crippen molar-refractivity contribution >= 4 is 11.6 Å². The number of anilines is 1. The average molecular weight is 524 g/mol. The van der Waals surface area contributed by atoms with Crippen LogP contribution >= 0.6 is 0 Å². The van der Waals surface area contributed by atoms with E-state index in [0.717, 1.165) is 25.0 Å². The molecule has 0 radical (unpaired) electrons. The molecular weight excluding hydrogens is 487 g/mol. The van der Waals surface area contributed by atoms with Crippen molar-refractivity contribution in [2.24, 2.45) is 11.3 Å². The SMILES string of the molecule is CC1=C(/C=C/C(C)=C/C=C/C(C)=C/C(=O)Nc2cc(F)c(F)cc2F)C(C)(C)CCC1CCn1ccnc1. The normalized spacial score (nSPS) is 18.6. The molecule has 1 amide bonds. The van der Waals surface area contributed by atoms with Gasteiger partial charge < -0.3 is 9.88 Å². The summed E-state index contributed by atoms with van der Waals surface area (Å²) in [6, 6.07) is 1.02. The summed E-state index contributed by atoms with van der Waals surface area (Å²) in [6.07, 6.45) is 20.2. The van der Waals surface area contributed by atoms with Gasteiger partial charge in [-0.3, -0.25) is 4.79 Å². The number of halogens is 3. The van der Waals surface area contributed by atoms with Gasteiger partial charge in [-0.25, -0.2) is 18.2 Å². The average Bonchev–Trinajstić information content (AvgIpc) is 3.35. The number of nitrogens with zero attached hydrogens (tertiary/aromatic N) is 2. The van der Waals surface area contributed by atoms with Crippen LogP contribution in [-0.2, 0) is 11.3 Å². The molecule has 0 spiro atoms. The fourth-order valence-electron chi connectivity index (χ4n) is 4.75. The predicted octanol–water partition coefficient (Wildman–Crippen LogP) is 8.09. The van der Waals surface area contributed by atoms with Crippen LogP contribution in [-0.4, -0.2) is 15.5 Å². The molecule has 1 atom stereocenters. The summed E-state index contributed by atoms with van der Waals surface area (Å²) in [7, 11) is 0. The smallest absolute Gasteiger partial charge is 0.248 e. The van der Waals surface area contributed by atoms with E-state index in [0.29, 0.717) is 23.6 Å². The Kier molecular flexibility index (Phi) is 9.72. The Morgan fingerprint density at radius 2 is 1.87 bits per heavy atom. The molecule has 1 aromatic heterocycles. The number of imidazole rings is 1. The summed E-state index contributed by atoms with van der Waals surface area (Å²) in [5.41, 5.74) is 4.20. The van der Waals surface area contributed by atoms with Crippen LogP contribution in [0.25, 0.3) is 0 Å². The van der Waals surface area contributed by atoms with E-state index in [9.17, 15) is 18.0 Å². The summed E-state index contributed by atoms with van der Waals surface area (Å²) < 4.78 is 42.3. The third-order valence-electron chi connectivity index (χ3n) is 7.04. The zero-order chi connectivity index (χ0) is 27.9. The third kappa shape index (κ3) is 7.94. The second kappa shape index (κ2) is 12.8. The van der Waals surface area contributed by atoms with Crippen LogP contribution in [0, 0.1) is 28.8 Å². The lowest BCUT2D eigenvalue weighted by Crippen LogP contribution is -2.25. The number of aromatic nitrogens is 2. The molecule has 38 heavy (non-hydrogen) atoms. The van der Waals surface area contributed by atoms with Crippen molar-refractivity contribution in [1.29, 1.82) is 0 Å². The first-order valence-electron chi connectivity index (χ1n) is 12.8. The highest BCUT2D eigenvalue weighted by Crippen LogP contribution is 2.44. The lowest BCUT2D eigenvalue weighted by molar-refractivity contribution is -0.112. The molecule has 1 aromatic carbocycles. The van der Waals surface area contributed by atoms with E-state index in [1.165, 1.54) is 23.6 Å². The van der Waals surface area contributed by atoms with Gasteiger partial charge in [-0.15, -0.1) is 0 Å². The molecule has 1 heterocycles. The van der Waals surface area contributed by atoms with Crippen LogP contribution in [0.15, 0.2) is 89.6 Å². The Morgan fingerprint density at radius 3 is 2.58 bits per heavy atom. The molecule has 3 rings (SSSR count). The van der Waals surface area contributed by atoms with Crippen molar-refractivity contribution in [3.8, 4) is 0 Å². The summed E-state index contributed by atoms with van der Waals surface area (Å²) in [5.74, 6) is -3.67. The van der Waals surface area contributed by atoms with Gasteiger partial charge in [0.1, 0.15) is 5.82 Å². The summed E-state index contributed by atoms with van der Waals surface area (Å²) in [5, 5.41) is 2.23. The summed E-state index contributed by atoms with van der Waals surface area (Å²) >= 11 is 0. The minimum Gasteiger partial charge on any atom is -0.337 e. The Labute approximate surface area is 223 Å². The van der Waals surface area contributed by atoms with Crippen molar-refractivity contribution in [2.75, 3.05) is 5.32 Å². The van der Waals surface area contributed by atoms with Crippen LogP contribution < -0.4 is 5.32 Å². The molecule has 0 saturated heterocycles. The van der Waals surface area contributed by atoms with Gasteiger partial charge in [0.2, 0.25) is 5.91 Å². The number of aryl methyl sites for hydroxylation is 1. The molecule has 1 N–H and O–H groups in total. The molecule has 1 aliphatic rings. The molecule has 7 heteroatoms. The highest BCUT2D eigenvalue weighted by molar-refractivity contribution is 6.00. The molecule has 0 fully saturated rings. The van der Waals surface area contributed by atoms with Crippen LogP contribution in [0.5, 0.6) is 0 Å². The van der Waals surface area contributed by atoms with Crippen LogP contribution in [0.2, 0.25) is 0 Å². The first-order valence-corrected chi connectivity index (χ1v) is 12.8. The quantitative estimate of drug-likeness (QED) is 0.205. The van der Waals surface area contributed by atoms with E-state index in [1.807, 2.05) is 37.8 Å². The number of carbonyl (C=O) groups excluding carboxylic acids is 1. The molecule has 4 nitrogen and oxygen atoms in total. The molecule has 0 bridgehead atoms. The lowest BCUT2D eigenvalue weighted by atomic mass is 9.68. The standard InChI is InChI=1S/C31H36F3N3O/c1-21(7-6-8-22(2)17-30(38)36-29-19-27(33)26(32)18-28(29)34)9-10-25-23(3)24(11-13-31(25,4)5)12-15-37-16-14-35-20-37/h6-10,14,16-20,24H,11-13,15H2,1-5H3,(H,36,38)/b8-6+,10-9+,21-7+,22-17+. The van der Waals surface area contributed by atoms with Gasteiger partial charge in [0, 0.05) is 37.1 Å². The lowest BCUT2D eigenvalue weighted by Gasteiger charge is -2.37. The highest BCUT2D eigenvalue weighted by Gasteiger charge is 2.31. The third-order valence-corrected chi connectivity index (χ3v) is 7.04. The molecule has 2 aromatic rings. The Morgan fingerprint density at radius 1 is 1.13 bits per heavy atom. The predicted molar refractivity (Wildman–Crippen MR) is 147 cm³/mol. The second-order valence-corrected chi connectivity index (χ2v) is 10.5. The van der Waals surface area contributed by atoms with Crippen LogP contribution in [0.4, 0.5) is 18.9 Å². The molecule has 0 saturated carbocycles. The Balaban J connectivity index is 1.63. The minimum atomic E-state index is -1.31. The number of nitrogens with one attached hydrogen (secondary N) is 1. The maximum atomic E-state index is 13.7. The number of amides is 1. The van der Waals surface area contributed by atoms with Gasteiger partial charge in [0.05, 0.1) is 12.0 Å². The van der Waals surface area contributed by atoms with Gasteiger partial charge in [0.15, 0.2) is 11.6 Å². The number of rotatable bonds is 9. The number of benzene rings is 1. The highest BCUT2D eigenvalue weighted by atomic mass is 19.2. The van der Waals surface area contributed by atoms with E-state index in [-0.39, 0.29) is 5.41 Å². The van der Waals surface area contributed by atoms with E-state index in [1.54, 1.807) is 13.0 Å². The maximum Gasteiger partial charge on any atom is 0.248 e. The Hall–Kier alpha value is -3.61. The number of hydrogen-bond donors (Lipinski definition) is 1. The summed E-state index contributed by atoms with van der Waals surface area (Å²) in [4.78, 5) is 16.3. The van der Waals surface area contributed by atoms with Crippen molar-refractivity contribution in [3.63, 3.8) is 0 Å². The van der Waals surface area contributed by atoms with Gasteiger partial charge >= 0.3 is 0 Å². The monoisotopic (exact) mass is 523 g/mol. The fraction of sp³-hybridized carbons (Fsp3) is 0.355. The molecule has 0 aliphatic heterocycles. The van der Waals surface area contributed by atoms with Crippen LogP contribution in [0.3, 0.4) is 0 Å². The zero-order valence-corrected chi connectivity index (χ0v) is 22.7. The van der Waals surface area contributed by atoms with Crippen LogP contribution in [0.1, 0.15) is 53.9 Å². The number of hydrogen-bond acceptors (Lipinski definition) is 2. The van der Waals surface area contributed by atoms with E-state index in [4.69, 9.17) is 0 Å². The van der Waals surface area contributed by atoms with Gasteiger partial charge in [0.25, 0.3) is 0 Å². The first-order chi connectivity index (χ1) is 18.0. The maximum absolute atomic E-state index is 13.7. The van der Waals surface area contributed by atoms with Crippen molar-refractivity contribution in [3.05, 3.63) is 107 Å². The van der Waals surface area contributed by atoms with Crippen molar-refractivity contribution in [2.45, 2.75) is 60.4 Å². The van der Waals surface area contributed by atoms with Gasteiger partial charge in [-0.2, -0.15) is 0 Å². The van der Waals surface area contributed by atoms with E-state index in [2.05, 4.69) is 47.8 Å². The van der Waals surface area contributed by atoms with E-state index >= 15 is 0 Å². The zero-order valence-electron chi connectivity index (χ0n) is 22.7. The van der Waals surface area contributed by atoms with Gasteiger partial charge in [-0.05, 0) is 62.5 Å². The fourth-order valence-corrected chi connectivity index (χ4v) is 4.75. The number of allylic oxidation sites excluding steroid dienone is 9. The minimum absolute atomic E-state index is 0.113. The topological polar surface area (TPSA) is 46.9 Å². The second-order valence-electron chi connectivity index (χ2n) is 10.5.